The van der Waals surface area contributed by atoms with Gasteiger partial charge in [-0.15, -0.1) is 12.3 Å². The van der Waals surface area contributed by atoms with Crippen LogP contribution in [0.3, 0.4) is 0 Å². The maximum Gasteiger partial charge on any atom is 0.255 e. The smallest absolute Gasteiger partial charge is 0.255 e. The lowest BCUT2D eigenvalue weighted by Gasteiger charge is -2.12. The summed E-state index contributed by atoms with van der Waals surface area (Å²) in [6, 6.07) is 1.55. The molecule has 0 fully saturated rings. The van der Waals surface area contributed by atoms with E-state index in [-0.39, 0.29) is 11.9 Å². The van der Waals surface area contributed by atoms with Crippen LogP contribution in [-0.4, -0.2) is 24.0 Å². The Morgan fingerprint density at radius 1 is 1.75 bits per heavy atom. The van der Waals surface area contributed by atoms with Crippen molar-refractivity contribution in [1.82, 2.24) is 10.3 Å². The van der Waals surface area contributed by atoms with Crippen molar-refractivity contribution in [3.05, 3.63) is 24.0 Å². The summed E-state index contributed by atoms with van der Waals surface area (Å²) in [5.41, 5.74) is 0.460. The van der Waals surface area contributed by atoms with Gasteiger partial charge in [0, 0.05) is 18.7 Å². The summed E-state index contributed by atoms with van der Waals surface area (Å²) in [6.07, 6.45) is 8.71. The zero-order valence-corrected chi connectivity index (χ0v) is 9.36. The van der Waals surface area contributed by atoms with Crippen molar-refractivity contribution in [3.8, 4) is 18.1 Å². The summed E-state index contributed by atoms with van der Waals surface area (Å²) in [4.78, 5) is 15.7. The molecule has 0 spiro atoms. The van der Waals surface area contributed by atoms with E-state index in [2.05, 4.69) is 16.2 Å². The van der Waals surface area contributed by atoms with Crippen LogP contribution < -0.4 is 10.1 Å². The Labute approximate surface area is 95.0 Å². The summed E-state index contributed by atoms with van der Waals surface area (Å²) in [5, 5.41) is 2.78. The van der Waals surface area contributed by atoms with E-state index in [1.165, 1.54) is 13.3 Å². The van der Waals surface area contributed by atoms with Crippen LogP contribution in [0.4, 0.5) is 0 Å². The molecular weight excluding hydrogens is 204 g/mol. The van der Waals surface area contributed by atoms with Crippen LogP contribution in [0.25, 0.3) is 0 Å². The maximum atomic E-state index is 11.8. The zero-order valence-electron chi connectivity index (χ0n) is 9.36. The Hall–Kier alpha value is -2.02. The highest BCUT2D eigenvalue weighted by Gasteiger charge is 2.13. The first kappa shape index (κ1) is 12.1. The number of pyridine rings is 1. The molecule has 1 atom stereocenters. The van der Waals surface area contributed by atoms with Gasteiger partial charge in [-0.1, -0.05) is 0 Å². The number of nitrogens with zero attached hydrogens (tertiary/aromatic N) is 1. The van der Waals surface area contributed by atoms with Gasteiger partial charge in [0.05, 0.1) is 18.9 Å². The van der Waals surface area contributed by atoms with Crippen LogP contribution in [-0.2, 0) is 0 Å². The van der Waals surface area contributed by atoms with Gasteiger partial charge in [0.25, 0.3) is 5.91 Å². The molecular formula is C12H14N2O2. The van der Waals surface area contributed by atoms with E-state index in [0.717, 1.165) is 0 Å². The molecule has 1 rings (SSSR count). The summed E-state index contributed by atoms with van der Waals surface area (Å²) in [7, 11) is 1.50. The SMILES string of the molecule is C#CCC(C)NC(=O)c1ccncc1OC. The topological polar surface area (TPSA) is 51.2 Å². The van der Waals surface area contributed by atoms with E-state index in [1.54, 1.807) is 12.3 Å². The fraction of sp³-hybridized carbons (Fsp3) is 0.333. The Morgan fingerprint density at radius 2 is 2.50 bits per heavy atom. The molecule has 0 aromatic carbocycles. The van der Waals surface area contributed by atoms with E-state index in [9.17, 15) is 4.79 Å². The average Bonchev–Trinajstić information content (AvgIpc) is 2.29. The first-order chi connectivity index (χ1) is 7.69. The molecule has 0 saturated heterocycles. The first-order valence-electron chi connectivity index (χ1n) is 4.91. The highest BCUT2D eigenvalue weighted by atomic mass is 16.5. The van der Waals surface area contributed by atoms with Gasteiger partial charge in [-0.05, 0) is 13.0 Å². The molecule has 0 bridgehead atoms. The predicted molar refractivity (Wildman–Crippen MR) is 61.2 cm³/mol. The number of terminal acetylenes is 1. The first-order valence-corrected chi connectivity index (χ1v) is 4.91. The number of methoxy groups -OCH3 is 1. The maximum absolute atomic E-state index is 11.8. The number of amides is 1. The molecule has 4 heteroatoms. The molecule has 1 aromatic heterocycles. The third-order valence-electron chi connectivity index (χ3n) is 2.05. The van der Waals surface area contributed by atoms with E-state index in [1.807, 2.05) is 6.92 Å². The van der Waals surface area contributed by atoms with E-state index in [4.69, 9.17) is 11.2 Å². The van der Waals surface area contributed by atoms with Crippen molar-refractivity contribution in [1.29, 1.82) is 0 Å². The monoisotopic (exact) mass is 218 g/mol. The number of hydrogen-bond donors (Lipinski definition) is 1. The molecule has 0 aliphatic heterocycles. The fourth-order valence-electron chi connectivity index (χ4n) is 1.26. The number of carbonyl (C=O) groups is 1. The molecule has 1 N–H and O–H groups in total. The lowest BCUT2D eigenvalue weighted by atomic mass is 10.2. The van der Waals surface area contributed by atoms with Crippen LogP contribution in [0, 0.1) is 12.3 Å². The Kier molecular flexibility index (Phi) is 4.34. The lowest BCUT2D eigenvalue weighted by molar-refractivity contribution is 0.0937. The fourth-order valence-corrected chi connectivity index (χ4v) is 1.26. The molecule has 4 nitrogen and oxygen atoms in total. The Balaban J connectivity index is 2.77. The van der Waals surface area contributed by atoms with Gasteiger partial charge < -0.3 is 10.1 Å². The highest BCUT2D eigenvalue weighted by molar-refractivity contribution is 5.96. The number of rotatable bonds is 4. The zero-order chi connectivity index (χ0) is 12.0. The second kappa shape index (κ2) is 5.76. The second-order valence-corrected chi connectivity index (χ2v) is 3.36. The van der Waals surface area contributed by atoms with Crippen molar-refractivity contribution in [2.45, 2.75) is 19.4 Å². The second-order valence-electron chi connectivity index (χ2n) is 3.36. The predicted octanol–water partition coefficient (Wildman–Crippen LogP) is 1.23. The normalized spacial score (nSPS) is 11.3. The molecule has 16 heavy (non-hydrogen) atoms. The Bertz CT molecular complexity index is 410. The van der Waals surface area contributed by atoms with Crippen molar-refractivity contribution in [2.24, 2.45) is 0 Å². The average molecular weight is 218 g/mol. The van der Waals surface area contributed by atoms with Gasteiger partial charge in [0.2, 0.25) is 0 Å². The minimum atomic E-state index is -0.206. The molecule has 0 aliphatic carbocycles. The summed E-state index contributed by atoms with van der Waals surface area (Å²) < 4.78 is 5.04. The van der Waals surface area contributed by atoms with Crippen molar-refractivity contribution in [2.75, 3.05) is 7.11 Å². The Morgan fingerprint density at radius 3 is 3.12 bits per heavy atom. The standard InChI is InChI=1S/C12H14N2O2/c1-4-5-9(2)14-12(15)10-6-7-13-8-11(10)16-3/h1,6-9H,5H2,2-3H3,(H,14,15). The van der Waals surface area contributed by atoms with Gasteiger partial charge in [-0.2, -0.15) is 0 Å². The minimum absolute atomic E-state index is 0.0598. The quantitative estimate of drug-likeness (QED) is 0.773. The van der Waals surface area contributed by atoms with Gasteiger partial charge in [-0.3, -0.25) is 9.78 Å². The number of aromatic nitrogens is 1. The van der Waals surface area contributed by atoms with Gasteiger partial charge in [0.15, 0.2) is 0 Å². The van der Waals surface area contributed by atoms with Crippen LogP contribution in [0.1, 0.15) is 23.7 Å². The summed E-state index contributed by atoms with van der Waals surface area (Å²) in [6.45, 7) is 1.85. The third kappa shape index (κ3) is 2.99. The molecule has 0 radical (unpaired) electrons. The molecule has 1 unspecified atom stereocenters. The molecule has 1 heterocycles. The number of ether oxygens (including phenoxy) is 1. The minimum Gasteiger partial charge on any atom is -0.494 e. The van der Waals surface area contributed by atoms with E-state index < -0.39 is 0 Å². The lowest BCUT2D eigenvalue weighted by Crippen LogP contribution is -2.32. The third-order valence-corrected chi connectivity index (χ3v) is 2.05. The molecule has 84 valence electrons. The van der Waals surface area contributed by atoms with Crippen molar-refractivity contribution >= 4 is 5.91 Å². The largest absolute Gasteiger partial charge is 0.494 e. The van der Waals surface area contributed by atoms with Crippen molar-refractivity contribution in [3.63, 3.8) is 0 Å². The number of nitrogens with one attached hydrogen (secondary N) is 1. The van der Waals surface area contributed by atoms with Gasteiger partial charge in [-0.25, -0.2) is 0 Å². The van der Waals surface area contributed by atoms with Gasteiger partial charge >= 0.3 is 0 Å². The van der Waals surface area contributed by atoms with Crippen LogP contribution in [0.5, 0.6) is 5.75 Å². The van der Waals surface area contributed by atoms with E-state index in [0.29, 0.717) is 17.7 Å². The summed E-state index contributed by atoms with van der Waals surface area (Å²) >= 11 is 0. The summed E-state index contributed by atoms with van der Waals surface area (Å²) in [5.74, 6) is 2.74. The molecule has 1 aromatic rings. The number of carbonyl (C=O) groups excluding carboxylic acids is 1. The van der Waals surface area contributed by atoms with Crippen LogP contribution >= 0.6 is 0 Å². The molecule has 1 amide bonds. The van der Waals surface area contributed by atoms with Crippen molar-refractivity contribution < 1.29 is 9.53 Å². The van der Waals surface area contributed by atoms with E-state index >= 15 is 0 Å². The van der Waals surface area contributed by atoms with Crippen LogP contribution in [0.2, 0.25) is 0 Å². The molecule has 0 aliphatic rings. The molecule has 0 saturated carbocycles. The van der Waals surface area contributed by atoms with Crippen LogP contribution in [0.15, 0.2) is 18.5 Å². The number of hydrogen-bond acceptors (Lipinski definition) is 3. The highest BCUT2D eigenvalue weighted by Crippen LogP contribution is 2.15. The van der Waals surface area contributed by atoms with Gasteiger partial charge in [0.1, 0.15) is 5.75 Å².